The summed E-state index contributed by atoms with van der Waals surface area (Å²) in [5.41, 5.74) is 0.944. The van der Waals surface area contributed by atoms with Gasteiger partial charge in [0.1, 0.15) is 12.1 Å². The topological polar surface area (TPSA) is 97.6 Å². The first-order valence-corrected chi connectivity index (χ1v) is 10.8. The van der Waals surface area contributed by atoms with Crippen molar-refractivity contribution in [1.29, 1.82) is 0 Å². The van der Waals surface area contributed by atoms with E-state index in [1.165, 1.54) is 0 Å². The first-order valence-electron chi connectivity index (χ1n) is 10.8. The lowest BCUT2D eigenvalue weighted by molar-refractivity contribution is -0.121. The van der Waals surface area contributed by atoms with E-state index >= 15 is 0 Å². The van der Waals surface area contributed by atoms with Crippen molar-refractivity contribution in [2.75, 3.05) is 45.8 Å². The van der Waals surface area contributed by atoms with Crippen molar-refractivity contribution >= 4 is 11.7 Å². The predicted octanol–water partition coefficient (Wildman–Crippen LogP) is 1.51. The highest BCUT2D eigenvalue weighted by molar-refractivity contribution is 5.77. The van der Waals surface area contributed by atoms with Gasteiger partial charge in [-0.1, -0.05) is 6.07 Å². The summed E-state index contributed by atoms with van der Waals surface area (Å²) in [5.74, 6) is 2.65. The van der Waals surface area contributed by atoms with E-state index in [0.717, 1.165) is 31.0 Å². The molecule has 0 bridgehead atoms. The summed E-state index contributed by atoms with van der Waals surface area (Å²) >= 11 is 0. The van der Waals surface area contributed by atoms with Gasteiger partial charge in [-0.25, -0.2) is 9.97 Å². The monoisotopic (exact) mass is 451 g/mol. The molecule has 3 heterocycles. The predicted molar refractivity (Wildman–Crippen MR) is 124 cm³/mol. The van der Waals surface area contributed by atoms with Crippen molar-refractivity contribution in [3.63, 3.8) is 0 Å². The summed E-state index contributed by atoms with van der Waals surface area (Å²) in [4.78, 5) is 30.4. The lowest BCUT2D eigenvalue weighted by Gasteiger charge is -2.40. The molecule has 1 atom stereocenters. The number of methoxy groups -OCH3 is 2. The van der Waals surface area contributed by atoms with Gasteiger partial charge in [0.15, 0.2) is 11.5 Å². The number of aromatic nitrogens is 4. The largest absolute Gasteiger partial charge is 0.493 e. The van der Waals surface area contributed by atoms with Crippen LogP contribution in [0.5, 0.6) is 11.5 Å². The molecule has 1 aromatic carbocycles. The summed E-state index contributed by atoms with van der Waals surface area (Å²) in [6.07, 6.45) is 7.27. The van der Waals surface area contributed by atoms with Crippen molar-refractivity contribution in [3.8, 4) is 17.4 Å². The minimum absolute atomic E-state index is 0.000286. The van der Waals surface area contributed by atoms with Crippen molar-refractivity contribution in [1.82, 2.24) is 29.7 Å². The van der Waals surface area contributed by atoms with Crippen LogP contribution in [0.3, 0.4) is 0 Å². The van der Waals surface area contributed by atoms with E-state index in [-0.39, 0.29) is 11.9 Å². The number of hydrogen-bond donors (Lipinski definition) is 1. The highest BCUT2D eigenvalue weighted by atomic mass is 16.5. The van der Waals surface area contributed by atoms with Crippen LogP contribution in [-0.4, -0.2) is 77.3 Å². The fourth-order valence-electron chi connectivity index (χ4n) is 3.97. The molecule has 0 saturated carbocycles. The molecule has 1 aliphatic rings. The summed E-state index contributed by atoms with van der Waals surface area (Å²) < 4.78 is 12.4. The Kier molecular flexibility index (Phi) is 7.04. The van der Waals surface area contributed by atoms with Crippen LogP contribution in [-0.2, 0) is 11.3 Å². The summed E-state index contributed by atoms with van der Waals surface area (Å²) in [7, 11) is 5.27. The fraction of sp³-hybridized carbons (Fsp3) is 0.391. The van der Waals surface area contributed by atoms with E-state index in [1.807, 2.05) is 30.5 Å². The van der Waals surface area contributed by atoms with Crippen molar-refractivity contribution in [2.45, 2.75) is 19.0 Å². The van der Waals surface area contributed by atoms with Gasteiger partial charge in [-0.15, -0.1) is 0 Å². The molecule has 4 rings (SSSR count). The van der Waals surface area contributed by atoms with Crippen molar-refractivity contribution in [3.05, 3.63) is 54.7 Å². The number of likely N-dealkylation sites (N-methyl/N-ethyl adjacent to an activating group) is 1. The quantitative estimate of drug-likeness (QED) is 0.550. The molecule has 10 nitrogen and oxygen atoms in total. The van der Waals surface area contributed by atoms with E-state index in [0.29, 0.717) is 30.4 Å². The van der Waals surface area contributed by atoms with Gasteiger partial charge in [0.05, 0.1) is 20.3 Å². The SMILES string of the molecule is COc1ccc(CNC(=O)CC2CN(C)CCN2c2ccnc(-n3ccnc3)n2)cc1OC. The normalized spacial score (nSPS) is 16.5. The molecule has 3 aromatic rings. The Morgan fingerprint density at radius 1 is 1.15 bits per heavy atom. The molecule has 0 aliphatic carbocycles. The number of ether oxygens (including phenoxy) is 2. The van der Waals surface area contributed by atoms with Gasteiger partial charge in [0.2, 0.25) is 11.9 Å². The molecule has 1 amide bonds. The molecule has 174 valence electrons. The fourth-order valence-corrected chi connectivity index (χ4v) is 3.97. The van der Waals surface area contributed by atoms with Crippen LogP contribution in [0, 0.1) is 0 Å². The standard InChI is InChI=1S/C23H29N7O3/c1-28-10-11-30(21-6-7-25-23(27-21)29-9-8-24-16-29)18(15-28)13-22(31)26-14-17-4-5-19(32-2)20(12-17)33-3/h4-9,12,16,18H,10-11,13-15H2,1-3H3,(H,26,31). The van der Waals surface area contributed by atoms with Crippen molar-refractivity contribution < 1.29 is 14.3 Å². The molecule has 1 N–H and O–H groups in total. The number of piperazine rings is 1. The second-order valence-electron chi connectivity index (χ2n) is 7.96. The zero-order valence-electron chi connectivity index (χ0n) is 19.1. The van der Waals surface area contributed by atoms with Crippen LogP contribution < -0.4 is 19.7 Å². The number of carbonyl (C=O) groups is 1. The number of nitrogens with zero attached hydrogens (tertiary/aromatic N) is 6. The molecule has 1 aliphatic heterocycles. The lowest BCUT2D eigenvalue weighted by Crippen LogP contribution is -2.53. The van der Waals surface area contributed by atoms with Gasteiger partial charge in [-0.05, 0) is 30.8 Å². The Bertz CT molecular complexity index is 1070. The third-order valence-electron chi connectivity index (χ3n) is 5.70. The molecule has 1 unspecified atom stereocenters. The minimum Gasteiger partial charge on any atom is -0.493 e. The van der Waals surface area contributed by atoms with E-state index < -0.39 is 0 Å². The van der Waals surface area contributed by atoms with E-state index in [1.54, 1.807) is 37.5 Å². The maximum absolute atomic E-state index is 12.8. The van der Waals surface area contributed by atoms with Gasteiger partial charge >= 0.3 is 0 Å². The molecule has 33 heavy (non-hydrogen) atoms. The molecule has 0 spiro atoms. The second kappa shape index (κ2) is 10.3. The number of hydrogen-bond acceptors (Lipinski definition) is 8. The number of amides is 1. The highest BCUT2D eigenvalue weighted by Gasteiger charge is 2.28. The zero-order valence-corrected chi connectivity index (χ0v) is 19.1. The number of imidazole rings is 1. The second-order valence-corrected chi connectivity index (χ2v) is 7.96. The number of benzene rings is 1. The number of anilines is 1. The number of rotatable bonds is 8. The summed E-state index contributed by atoms with van der Waals surface area (Å²) in [5, 5.41) is 3.03. The first-order chi connectivity index (χ1) is 16.1. The van der Waals surface area contributed by atoms with Crippen LogP contribution in [0.4, 0.5) is 5.82 Å². The van der Waals surface area contributed by atoms with Crippen LogP contribution in [0.2, 0.25) is 0 Å². The summed E-state index contributed by atoms with van der Waals surface area (Å²) in [6.45, 7) is 2.87. The number of nitrogens with one attached hydrogen (secondary N) is 1. The van der Waals surface area contributed by atoms with E-state index in [9.17, 15) is 4.79 Å². The molecule has 0 radical (unpaired) electrons. The van der Waals surface area contributed by atoms with Crippen molar-refractivity contribution in [2.24, 2.45) is 0 Å². The van der Waals surface area contributed by atoms with Crippen LogP contribution >= 0.6 is 0 Å². The van der Waals surface area contributed by atoms with E-state index in [4.69, 9.17) is 14.5 Å². The lowest BCUT2D eigenvalue weighted by atomic mass is 10.1. The molecule has 10 heteroatoms. The molecule has 1 saturated heterocycles. The van der Waals surface area contributed by atoms with Crippen LogP contribution in [0.1, 0.15) is 12.0 Å². The van der Waals surface area contributed by atoms with E-state index in [2.05, 4.69) is 32.1 Å². The molecular weight excluding hydrogens is 422 g/mol. The Morgan fingerprint density at radius 3 is 2.76 bits per heavy atom. The Hall–Kier alpha value is -3.66. The molecule has 2 aromatic heterocycles. The van der Waals surface area contributed by atoms with Gasteiger partial charge in [0.25, 0.3) is 0 Å². The third-order valence-corrected chi connectivity index (χ3v) is 5.70. The maximum Gasteiger partial charge on any atom is 0.236 e. The average Bonchev–Trinajstić information content (AvgIpc) is 3.38. The minimum atomic E-state index is -0.0148. The van der Waals surface area contributed by atoms with Gasteiger partial charge in [0, 0.05) is 51.2 Å². The number of carbonyl (C=O) groups excluding carboxylic acids is 1. The zero-order chi connectivity index (χ0) is 23.2. The van der Waals surface area contributed by atoms with Gasteiger partial charge in [-0.2, -0.15) is 4.98 Å². The Labute approximate surface area is 193 Å². The third kappa shape index (κ3) is 5.40. The van der Waals surface area contributed by atoms with Gasteiger partial charge in [-0.3, -0.25) is 9.36 Å². The molecular formula is C23H29N7O3. The first kappa shape index (κ1) is 22.5. The van der Waals surface area contributed by atoms with Gasteiger partial charge < -0.3 is 24.6 Å². The Morgan fingerprint density at radius 2 is 2.00 bits per heavy atom. The average molecular weight is 452 g/mol. The highest BCUT2D eigenvalue weighted by Crippen LogP contribution is 2.27. The van der Waals surface area contributed by atoms with Crippen LogP contribution in [0.25, 0.3) is 5.95 Å². The maximum atomic E-state index is 12.8. The van der Waals surface area contributed by atoms with Crippen LogP contribution in [0.15, 0.2) is 49.2 Å². The Balaban J connectivity index is 1.43. The molecule has 1 fully saturated rings. The smallest absolute Gasteiger partial charge is 0.236 e. The summed E-state index contributed by atoms with van der Waals surface area (Å²) in [6, 6.07) is 7.52.